The number of benzene rings is 2. The number of carbonyl (C=O) groups excluding carboxylic acids is 1. The van der Waals surface area contributed by atoms with Crippen molar-refractivity contribution in [2.45, 2.75) is 44.9 Å². The summed E-state index contributed by atoms with van der Waals surface area (Å²) in [5.41, 5.74) is 4.99. The van der Waals surface area contributed by atoms with Gasteiger partial charge in [-0.05, 0) is 53.8 Å². The molecule has 2 atom stereocenters. The second-order valence-corrected chi connectivity index (χ2v) is 9.79. The Hall–Kier alpha value is -4.55. The number of carbonyl (C=O) groups is 1. The Balaban J connectivity index is 2.05. The van der Waals surface area contributed by atoms with Gasteiger partial charge >= 0.3 is 6.18 Å². The number of hydrogen-bond acceptors (Lipinski definition) is 5. The molecular formula is C29H28F6N6O. The van der Waals surface area contributed by atoms with E-state index < -0.39 is 65.5 Å². The Labute approximate surface area is 237 Å². The van der Waals surface area contributed by atoms with Gasteiger partial charge in [-0.25, -0.2) is 13.2 Å². The molecule has 2 aromatic carbocycles. The zero-order chi connectivity index (χ0) is 31.2. The maximum atomic E-state index is 14.3. The van der Waals surface area contributed by atoms with E-state index in [2.05, 4.69) is 15.3 Å². The molecule has 1 aromatic heterocycles. The third kappa shape index (κ3) is 8.24. The van der Waals surface area contributed by atoms with E-state index in [9.17, 15) is 31.1 Å². The number of nitrogens with zero attached hydrogens (tertiary/aromatic N) is 2. The average Bonchev–Trinajstić information content (AvgIpc) is 2.89. The van der Waals surface area contributed by atoms with Crippen molar-refractivity contribution in [3.63, 3.8) is 0 Å². The van der Waals surface area contributed by atoms with Gasteiger partial charge in [0.2, 0.25) is 5.91 Å². The van der Waals surface area contributed by atoms with Crippen LogP contribution in [0.4, 0.5) is 26.3 Å². The first-order valence-electron chi connectivity index (χ1n) is 12.7. The highest BCUT2D eigenvalue weighted by Gasteiger charge is 2.33. The molecule has 2 unspecified atom stereocenters. The van der Waals surface area contributed by atoms with Crippen molar-refractivity contribution in [2.24, 2.45) is 16.6 Å². The van der Waals surface area contributed by atoms with Gasteiger partial charge in [-0.1, -0.05) is 26.0 Å². The van der Waals surface area contributed by atoms with Gasteiger partial charge in [-0.3, -0.25) is 20.2 Å². The summed E-state index contributed by atoms with van der Waals surface area (Å²) in [6, 6.07) is 7.70. The molecule has 0 aliphatic rings. The van der Waals surface area contributed by atoms with E-state index in [0.717, 1.165) is 24.4 Å². The normalized spacial score (nSPS) is 13.3. The van der Waals surface area contributed by atoms with Gasteiger partial charge in [-0.15, -0.1) is 0 Å². The van der Waals surface area contributed by atoms with Crippen molar-refractivity contribution in [1.29, 1.82) is 10.8 Å². The Morgan fingerprint density at radius 1 is 1.07 bits per heavy atom. The Morgan fingerprint density at radius 3 is 2.33 bits per heavy atom. The molecule has 0 aliphatic heterocycles. The van der Waals surface area contributed by atoms with Crippen molar-refractivity contribution in [3.05, 3.63) is 89.0 Å². The summed E-state index contributed by atoms with van der Waals surface area (Å²) in [4.78, 5) is 21.8. The third-order valence-electron chi connectivity index (χ3n) is 6.22. The summed E-state index contributed by atoms with van der Waals surface area (Å²) in [6.07, 6.45) is -3.55. The minimum Gasteiger partial charge on any atom is -0.384 e. The van der Waals surface area contributed by atoms with Crippen molar-refractivity contribution in [2.75, 3.05) is 0 Å². The van der Waals surface area contributed by atoms with Crippen LogP contribution in [0.3, 0.4) is 0 Å². The van der Waals surface area contributed by atoms with Crippen LogP contribution >= 0.6 is 0 Å². The standard InChI is InChI=1S/C29H28F6N6O/c1-15(2)25(40-9-7-24(36)29(33,34)35)28(42)41-23(12-16-10-18(30)14-19(31)11-16)26-20(4-3-8-39-26)17-5-6-22(32)21(13-17)27(37)38/h3-6,8-11,13-15,23,25,36H,7,12H2,1-2H3,(H3,37,38)(H,41,42). The summed E-state index contributed by atoms with van der Waals surface area (Å²) in [7, 11) is 0. The van der Waals surface area contributed by atoms with Crippen LogP contribution in [0, 0.1) is 34.2 Å². The van der Waals surface area contributed by atoms with E-state index >= 15 is 0 Å². The summed E-state index contributed by atoms with van der Waals surface area (Å²) in [6.45, 7) is 3.25. The number of halogens is 6. The number of amides is 1. The van der Waals surface area contributed by atoms with E-state index in [-0.39, 0.29) is 23.2 Å². The molecule has 5 N–H and O–H groups in total. The number of nitrogens with one attached hydrogen (secondary N) is 3. The van der Waals surface area contributed by atoms with E-state index in [4.69, 9.17) is 16.6 Å². The topological polar surface area (TPSA) is 128 Å². The minimum atomic E-state index is -4.83. The molecular weight excluding hydrogens is 562 g/mol. The molecule has 0 fully saturated rings. The summed E-state index contributed by atoms with van der Waals surface area (Å²) in [5, 5.41) is 17.5. The van der Waals surface area contributed by atoms with Crippen LogP contribution < -0.4 is 11.1 Å². The van der Waals surface area contributed by atoms with E-state index in [1.54, 1.807) is 26.0 Å². The molecule has 7 nitrogen and oxygen atoms in total. The second kappa shape index (κ2) is 13.4. The number of hydrogen-bond donors (Lipinski definition) is 4. The molecule has 3 aromatic rings. The highest BCUT2D eigenvalue weighted by Crippen LogP contribution is 2.31. The molecule has 0 bridgehead atoms. The van der Waals surface area contributed by atoms with Crippen LogP contribution in [0.1, 0.15) is 43.1 Å². The van der Waals surface area contributed by atoms with Gasteiger partial charge in [0.05, 0.1) is 17.3 Å². The molecule has 1 amide bonds. The van der Waals surface area contributed by atoms with Crippen molar-refractivity contribution < 1.29 is 31.1 Å². The van der Waals surface area contributed by atoms with Crippen LogP contribution in [-0.2, 0) is 11.2 Å². The number of aromatic nitrogens is 1. The van der Waals surface area contributed by atoms with Crippen LogP contribution in [-0.4, -0.2) is 40.9 Å². The lowest BCUT2D eigenvalue weighted by molar-refractivity contribution is -0.123. The zero-order valence-electron chi connectivity index (χ0n) is 22.6. The summed E-state index contributed by atoms with van der Waals surface area (Å²) in [5.74, 6) is -4.13. The first-order valence-corrected chi connectivity index (χ1v) is 12.7. The highest BCUT2D eigenvalue weighted by molar-refractivity contribution is 5.98. The fourth-order valence-electron chi connectivity index (χ4n) is 4.19. The lowest BCUT2D eigenvalue weighted by Crippen LogP contribution is -2.40. The fraction of sp³-hybridized carbons (Fsp3) is 0.276. The molecule has 3 rings (SSSR count). The van der Waals surface area contributed by atoms with Crippen LogP contribution in [0.25, 0.3) is 11.1 Å². The van der Waals surface area contributed by atoms with Gasteiger partial charge in [0.15, 0.2) is 0 Å². The second-order valence-electron chi connectivity index (χ2n) is 9.79. The van der Waals surface area contributed by atoms with Crippen LogP contribution in [0.15, 0.2) is 59.7 Å². The quantitative estimate of drug-likeness (QED) is 0.126. The van der Waals surface area contributed by atoms with Gasteiger partial charge in [-0.2, -0.15) is 13.2 Å². The van der Waals surface area contributed by atoms with Gasteiger partial charge in [0.25, 0.3) is 0 Å². The molecule has 0 saturated heterocycles. The number of rotatable bonds is 11. The summed E-state index contributed by atoms with van der Waals surface area (Å²) < 4.78 is 80.5. The Bertz CT molecular complexity index is 1480. The van der Waals surface area contributed by atoms with Crippen molar-refractivity contribution >= 4 is 23.7 Å². The zero-order valence-corrected chi connectivity index (χ0v) is 22.6. The number of amidine groups is 1. The van der Waals surface area contributed by atoms with Crippen molar-refractivity contribution in [1.82, 2.24) is 10.3 Å². The molecule has 0 aliphatic carbocycles. The van der Waals surface area contributed by atoms with E-state index in [1.165, 1.54) is 18.3 Å². The minimum absolute atomic E-state index is 0.154. The highest BCUT2D eigenvalue weighted by atomic mass is 19.4. The lowest BCUT2D eigenvalue weighted by Gasteiger charge is -2.24. The first-order chi connectivity index (χ1) is 19.7. The molecule has 0 radical (unpaired) electrons. The maximum Gasteiger partial charge on any atom is 0.429 e. The van der Waals surface area contributed by atoms with E-state index in [1.807, 2.05) is 0 Å². The molecule has 42 heavy (non-hydrogen) atoms. The largest absolute Gasteiger partial charge is 0.429 e. The van der Waals surface area contributed by atoms with Gasteiger partial charge in [0, 0.05) is 30.5 Å². The van der Waals surface area contributed by atoms with Gasteiger partial charge in [0.1, 0.15) is 35.0 Å². The van der Waals surface area contributed by atoms with E-state index in [0.29, 0.717) is 17.2 Å². The molecule has 222 valence electrons. The van der Waals surface area contributed by atoms with Crippen molar-refractivity contribution in [3.8, 4) is 11.1 Å². The molecule has 13 heteroatoms. The molecule has 0 saturated carbocycles. The number of nitrogen functional groups attached to an aromatic ring is 1. The van der Waals surface area contributed by atoms with Crippen LogP contribution in [0.2, 0.25) is 0 Å². The predicted molar refractivity (Wildman–Crippen MR) is 147 cm³/mol. The molecule has 1 heterocycles. The lowest BCUT2D eigenvalue weighted by atomic mass is 9.93. The third-order valence-corrected chi connectivity index (χ3v) is 6.22. The maximum absolute atomic E-state index is 14.3. The summed E-state index contributed by atoms with van der Waals surface area (Å²) >= 11 is 0. The monoisotopic (exact) mass is 590 g/mol. The Kier molecular flexibility index (Phi) is 10.2. The number of pyridine rings is 1. The Morgan fingerprint density at radius 2 is 1.74 bits per heavy atom. The van der Waals surface area contributed by atoms with Crippen LogP contribution in [0.5, 0.6) is 0 Å². The number of aliphatic imine (C=N–C) groups is 1. The predicted octanol–water partition coefficient (Wildman–Crippen LogP) is 5.92. The fourth-order valence-corrected chi connectivity index (χ4v) is 4.19. The smallest absolute Gasteiger partial charge is 0.384 e. The van der Waals surface area contributed by atoms with Gasteiger partial charge < -0.3 is 16.5 Å². The first kappa shape index (κ1) is 32.0. The average molecular weight is 591 g/mol. The SMILES string of the molecule is CC(C)C(N=CCC(=N)C(F)(F)F)C(=O)NC(Cc1cc(F)cc(F)c1)c1ncccc1-c1ccc(F)c(C(=N)N)c1. The number of alkyl halides is 3. The number of nitrogens with two attached hydrogens (primary N) is 1. The molecule has 0 spiro atoms.